The summed E-state index contributed by atoms with van der Waals surface area (Å²) in [6, 6.07) is 4.14. The standard InChI is InChI=1S/C31H39F3N8O4/c1-6-45-27(43)26-21-9-7-19-18-36-28(38-24(19)25(21)39-42(26)12-11-35-29(44)46-30(2,3)4)37-20-8-10-23(22(17-20)31(32,33)34)41-15-13-40(5)14-16-41/h8,10,17-18H,6-7,9,11-16H2,1-5H3,(H,35,44)(H,36,37,38). The number of halogens is 3. The Balaban J connectivity index is 1.42. The number of aromatic nitrogens is 4. The maximum Gasteiger partial charge on any atom is 0.418 e. The number of aryl methyl sites for hydroxylation is 1. The summed E-state index contributed by atoms with van der Waals surface area (Å²) in [5.41, 5.74) is 1.53. The number of fused-ring (bicyclic) bond motifs is 3. The van der Waals surface area contributed by atoms with Gasteiger partial charge in [0, 0.05) is 55.9 Å². The van der Waals surface area contributed by atoms with Crippen molar-refractivity contribution in [2.45, 2.75) is 58.9 Å². The molecule has 0 unspecified atom stereocenters. The number of rotatable bonds is 8. The number of amides is 1. The van der Waals surface area contributed by atoms with Crippen molar-refractivity contribution in [3.05, 3.63) is 46.8 Å². The molecule has 0 spiro atoms. The Morgan fingerprint density at radius 1 is 1.04 bits per heavy atom. The van der Waals surface area contributed by atoms with Crippen molar-refractivity contribution in [3.8, 4) is 11.4 Å². The predicted molar refractivity (Wildman–Crippen MR) is 165 cm³/mol. The molecule has 15 heteroatoms. The molecule has 0 saturated carbocycles. The van der Waals surface area contributed by atoms with Gasteiger partial charge in [-0.3, -0.25) is 4.68 Å². The van der Waals surface area contributed by atoms with Crippen LogP contribution in [0.1, 0.15) is 54.9 Å². The molecule has 12 nitrogen and oxygen atoms in total. The average molecular weight is 645 g/mol. The van der Waals surface area contributed by atoms with E-state index in [1.807, 2.05) is 7.05 Å². The van der Waals surface area contributed by atoms with Crippen molar-refractivity contribution in [1.29, 1.82) is 0 Å². The van der Waals surface area contributed by atoms with Gasteiger partial charge < -0.3 is 29.9 Å². The summed E-state index contributed by atoms with van der Waals surface area (Å²) in [6.07, 6.45) is -2.54. The van der Waals surface area contributed by atoms with E-state index in [1.54, 1.807) is 44.9 Å². The minimum Gasteiger partial charge on any atom is -0.461 e. The Bertz CT molecular complexity index is 1590. The van der Waals surface area contributed by atoms with Gasteiger partial charge in [0.1, 0.15) is 17.0 Å². The summed E-state index contributed by atoms with van der Waals surface area (Å²) >= 11 is 0. The molecule has 3 heterocycles. The Kier molecular flexibility index (Phi) is 9.42. The third kappa shape index (κ3) is 7.52. The van der Waals surface area contributed by atoms with Gasteiger partial charge in [-0.25, -0.2) is 19.6 Å². The molecule has 1 aromatic carbocycles. The number of nitrogens with one attached hydrogen (secondary N) is 2. The van der Waals surface area contributed by atoms with Crippen molar-refractivity contribution in [2.24, 2.45) is 0 Å². The molecule has 0 atom stereocenters. The minimum absolute atomic E-state index is 0.0888. The monoisotopic (exact) mass is 644 g/mol. The summed E-state index contributed by atoms with van der Waals surface area (Å²) in [5.74, 6) is -0.463. The van der Waals surface area contributed by atoms with Crippen LogP contribution in [0.3, 0.4) is 0 Å². The molecule has 5 rings (SSSR count). The lowest BCUT2D eigenvalue weighted by atomic mass is 9.93. The second-order valence-electron chi connectivity index (χ2n) is 12.3. The highest BCUT2D eigenvalue weighted by atomic mass is 19.4. The highest BCUT2D eigenvalue weighted by molar-refractivity contribution is 5.92. The third-order valence-corrected chi connectivity index (χ3v) is 7.65. The van der Waals surface area contributed by atoms with Crippen LogP contribution in [0.2, 0.25) is 0 Å². The van der Waals surface area contributed by atoms with E-state index in [9.17, 15) is 22.8 Å². The van der Waals surface area contributed by atoms with Crippen LogP contribution in [0.25, 0.3) is 11.4 Å². The number of anilines is 3. The number of hydrogen-bond acceptors (Lipinski definition) is 10. The first kappa shape index (κ1) is 33.0. The highest BCUT2D eigenvalue weighted by Gasteiger charge is 2.36. The maximum absolute atomic E-state index is 14.2. The number of piperazine rings is 1. The lowest BCUT2D eigenvalue weighted by Gasteiger charge is -2.35. The summed E-state index contributed by atoms with van der Waals surface area (Å²) in [7, 11) is 1.95. The number of carbonyl (C=O) groups excluding carboxylic acids is 2. The molecule has 2 N–H and O–H groups in total. The molecule has 1 saturated heterocycles. The number of likely N-dealkylation sites (N-methyl/N-ethyl adjacent to an activating group) is 1. The summed E-state index contributed by atoms with van der Waals surface area (Å²) in [5, 5.41) is 10.3. The van der Waals surface area contributed by atoms with Crippen molar-refractivity contribution < 1.29 is 32.2 Å². The minimum atomic E-state index is -4.56. The van der Waals surface area contributed by atoms with E-state index in [0.29, 0.717) is 56.0 Å². The number of esters is 1. The first-order chi connectivity index (χ1) is 21.7. The van der Waals surface area contributed by atoms with Gasteiger partial charge >= 0.3 is 18.2 Å². The molecule has 1 aliphatic carbocycles. The van der Waals surface area contributed by atoms with Crippen LogP contribution < -0.4 is 15.5 Å². The Morgan fingerprint density at radius 2 is 1.78 bits per heavy atom. The number of alkyl halides is 3. The van der Waals surface area contributed by atoms with Gasteiger partial charge in [0.05, 0.1) is 24.4 Å². The zero-order chi connectivity index (χ0) is 33.2. The quantitative estimate of drug-likeness (QED) is 0.335. The maximum atomic E-state index is 14.2. The van der Waals surface area contributed by atoms with Crippen molar-refractivity contribution in [1.82, 2.24) is 30.0 Å². The van der Waals surface area contributed by atoms with Crippen molar-refractivity contribution in [2.75, 3.05) is 56.6 Å². The Labute approximate surface area is 265 Å². The van der Waals surface area contributed by atoms with E-state index >= 15 is 0 Å². The van der Waals surface area contributed by atoms with Crippen molar-refractivity contribution in [3.63, 3.8) is 0 Å². The summed E-state index contributed by atoms with van der Waals surface area (Å²) < 4.78 is 54.6. The first-order valence-electron chi connectivity index (χ1n) is 15.2. The normalized spacial score (nSPS) is 15.2. The molecule has 1 aliphatic heterocycles. The zero-order valence-corrected chi connectivity index (χ0v) is 26.6. The summed E-state index contributed by atoms with van der Waals surface area (Å²) in [6.45, 7) is 9.79. The van der Waals surface area contributed by atoms with Crippen LogP contribution in [0.4, 0.5) is 35.3 Å². The van der Waals surface area contributed by atoms with Crippen LogP contribution in [0, 0.1) is 0 Å². The third-order valence-electron chi connectivity index (χ3n) is 7.65. The van der Waals surface area contributed by atoms with Crippen LogP contribution in [-0.2, 0) is 35.0 Å². The fourth-order valence-electron chi connectivity index (χ4n) is 5.50. The molecular weight excluding hydrogens is 605 g/mol. The zero-order valence-electron chi connectivity index (χ0n) is 26.6. The number of alkyl carbamates (subject to hydrolysis) is 1. The van der Waals surface area contributed by atoms with Crippen LogP contribution >= 0.6 is 0 Å². The summed E-state index contributed by atoms with van der Waals surface area (Å²) in [4.78, 5) is 38.0. The second kappa shape index (κ2) is 13.1. The molecule has 46 heavy (non-hydrogen) atoms. The molecule has 0 radical (unpaired) electrons. The molecule has 2 aromatic heterocycles. The van der Waals surface area contributed by atoms with Crippen molar-refractivity contribution >= 4 is 29.4 Å². The van der Waals surface area contributed by atoms with Crippen LogP contribution in [-0.4, -0.2) is 88.7 Å². The largest absolute Gasteiger partial charge is 0.461 e. The highest BCUT2D eigenvalue weighted by Crippen LogP contribution is 2.39. The van der Waals surface area contributed by atoms with E-state index in [1.165, 1.54) is 10.7 Å². The van der Waals surface area contributed by atoms with E-state index < -0.39 is 29.4 Å². The number of ether oxygens (including phenoxy) is 2. The van der Waals surface area contributed by atoms with Crippen LogP contribution in [0.5, 0.6) is 0 Å². The average Bonchev–Trinajstić information content (AvgIpc) is 3.35. The van der Waals surface area contributed by atoms with E-state index in [2.05, 4.69) is 30.6 Å². The Hall–Kier alpha value is -4.40. The molecule has 1 amide bonds. The molecule has 1 fully saturated rings. The smallest absolute Gasteiger partial charge is 0.418 e. The fraction of sp³-hybridized carbons (Fsp3) is 0.516. The van der Waals surface area contributed by atoms with Gasteiger partial charge in [-0.1, -0.05) is 0 Å². The topological polar surface area (TPSA) is 127 Å². The number of benzene rings is 1. The Morgan fingerprint density at radius 3 is 2.46 bits per heavy atom. The van der Waals surface area contributed by atoms with Gasteiger partial charge in [-0.15, -0.1) is 0 Å². The molecule has 0 bridgehead atoms. The lowest BCUT2D eigenvalue weighted by molar-refractivity contribution is -0.137. The van der Waals surface area contributed by atoms with E-state index in [-0.39, 0.29) is 42.7 Å². The van der Waals surface area contributed by atoms with Gasteiger partial charge in [0.15, 0.2) is 0 Å². The SMILES string of the molecule is CCOC(=O)c1c2c(nn1CCNC(=O)OC(C)(C)C)-c1nc(Nc3ccc(N4CCN(C)CC4)c(C(F)(F)F)c3)ncc1CC2. The van der Waals surface area contributed by atoms with Gasteiger partial charge in [0.25, 0.3) is 0 Å². The predicted octanol–water partition coefficient (Wildman–Crippen LogP) is 4.65. The molecule has 2 aliphatic rings. The number of carbonyl (C=O) groups is 2. The second-order valence-corrected chi connectivity index (χ2v) is 12.3. The van der Waals surface area contributed by atoms with E-state index in [0.717, 1.165) is 11.6 Å². The van der Waals surface area contributed by atoms with E-state index in [4.69, 9.17) is 9.47 Å². The molecular formula is C31H39F3N8O4. The fourth-order valence-corrected chi connectivity index (χ4v) is 5.50. The van der Waals surface area contributed by atoms with Gasteiger partial charge in [-0.05, 0) is 71.3 Å². The first-order valence-corrected chi connectivity index (χ1v) is 15.2. The lowest BCUT2D eigenvalue weighted by Crippen LogP contribution is -2.45. The number of nitrogens with zero attached hydrogens (tertiary/aromatic N) is 6. The molecule has 248 valence electrons. The van der Waals surface area contributed by atoms with Crippen LogP contribution in [0.15, 0.2) is 24.4 Å². The van der Waals surface area contributed by atoms with Gasteiger partial charge in [0.2, 0.25) is 5.95 Å². The van der Waals surface area contributed by atoms with Gasteiger partial charge in [-0.2, -0.15) is 18.3 Å². The molecule has 3 aromatic rings. The number of hydrogen-bond donors (Lipinski definition) is 2.